The Morgan fingerprint density at radius 2 is 2.05 bits per heavy atom. The van der Waals surface area contributed by atoms with Crippen LogP contribution in [0.3, 0.4) is 0 Å². The van der Waals surface area contributed by atoms with Gasteiger partial charge in [-0.1, -0.05) is 6.58 Å². The maximum absolute atomic E-state index is 11.8. The zero-order valence-electron chi connectivity index (χ0n) is 12.4. The molecule has 0 N–H and O–H groups in total. The lowest BCUT2D eigenvalue weighted by atomic mass is 9.88. The monoisotopic (exact) mass is 310 g/mol. The van der Waals surface area contributed by atoms with Crippen LogP contribution in [0.4, 0.5) is 4.79 Å². The number of carbonyl (C=O) groups excluding carboxylic acids is 3. The fourth-order valence-electron chi connectivity index (χ4n) is 3.61. The standard InChI is InChI=1S/C15H18O7/c1-6(2)13(16)19-7(3)20-15(18)22-11-8-4-9-10(5-8)14(17)21-12(9)11/h7-12H,1,4-5H2,2-3H3. The Labute approximate surface area is 127 Å². The predicted molar refractivity (Wildman–Crippen MR) is 71.3 cm³/mol. The van der Waals surface area contributed by atoms with E-state index in [0.717, 1.165) is 6.42 Å². The smallest absolute Gasteiger partial charge is 0.458 e. The van der Waals surface area contributed by atoms with Gasteiger partial charge in [-0.25, -0.2) is 9.59 Å². The van der Waals surface area contributed by atoms with Gasteiger partial charge in [-0.15, -0.1) is 0 Å². The van der Waals surface area contributed by atoms with E-state index >= 15 is 0 Å². The SMILES string of the molecule is C=C(C)C(=O)OC(C)OC(=O)OC1C2CC3C(=O)OC1C3C2. The second-order valence-corrected chi connectivity index (χ2v) is 6.11. The van der Waals surface area contributed by atoms with Crippen LogP contribution in [0.15, 0.2) is 12.2 Å². The van der Waals surface area contributed by atoms with E-state index in [2.05, 4.69) is 6.58 Å². The molecule has 3 rings (SSSR count). The second kappa shape index (κ2) is 5.30. The fraction of sp³-hybridized carbons (Fsp3) is 0.667. The van der Waals surface area contributed by atoms with Gasteiger partial charge in [0, 0.05) is 24.3 Å². The van der Waals surface area contributed by atoms with Crippen molar-refractivity contribution < 1.29 is 33.3 Å². The molecule has 0 aromatic heterocycles. The number of carbonyl (C=O) groups is 3. The minimum Gasteiger partial charge on any atom is -0.458 e. The number of fused-ring (bicyclic) bond motifs is 1. The Morgan fingerprint density at radius 3 is 2.73 bits per heavy atom. The molecule has 0 aromatic rings. The highest BCUT2D eigenvalue weighted by molar-refractivity contribution is 5.87. The summed E-state index contributed by atoms with van der Waals surface area (Å²) in [6, 6.07) is 0. The van der Waals surface area contributed by atoms with Crippen LogP contribution in [0, 0.1) is 17.8 Å². The van der Waals surface area contributed by atoms with Crippen LogP contribution in [-0.2, 0) is 28.5 Å². The molecule has 3 fully saturated rings. The predicted octanol–water partition coefficient (Wildman–Crippen LogP) is 1.55. The first-order valence-electron chi connectivity index (χ1n) is 7.31. The van der Waals surface area contributed by atoms with Gasteiger partial charge in [0.05, 0.1) is 5.92 Å². The Bertz CT molecular complexity index is 540. The van der Waals surface area contributed by atoms with Crippen molar-refractivity contribution in [2.75, 3.05) is 0 Å². The van der Waals surface area contributed by atoms with Crippen molar-refractivity contribution in [1.82, 2.24) is 0 Å². The van der Waals surface area contributed by atoms with Gasteiger partial charge in [-0.05, 0) is 19.8 Å². The van der Waals surface area contributed by atoms with Crippen molar-refractivity contribution in [3.63, 3.8) is 0 Å². The van der Waals surface area contributed by atoms with Gasteiger partial charge in [0.15, 0.2) is 0 Å². The van der Waals surface area contributed by atoms with E-state index in [9.17, 15) is 14.4 Å². The Kier molecular flexibility index (Phi) is 3.58. The molecule has 22 heavy (non-hydrogen) atoms. The molecule has 1 aliphatic heterocycles. The molecule has 0 radical (unpaired) electrons. The summed E-state index contributed by atoms with van der Waals surface area (Å²) in [5.41, 5.74) is 0.209. The molecule has 7 nitrogen and oxygen atoms in total. The van der Waals surface area contributed by atoms with Crippen LogP contribution in [-0.4, -0.2) is 36.6 Å². The van der Waals surface area contributed by atoms with E-state index in [1.54, 1.807) is 0 Å². The maximum atomic E-state index is 11.8. The molecule has 1 heterocycles. The molecule has 2 saturated carbocycles. The molecule has 120 valence electrons. The maximum Gasteiger partial charge on any atom is 0.511 e. The van der Waals surface area contributed by atoms with Crippen molar-refractivity contribution in [1.29, 1.82) is 0 Å². The molecule has 2 bridgehead atoms. The van der Waals surface area contributed by atoms with Gasteiger partial charge in [0.25, 0.3) is 0 Å². The van der Waals surface area contributed by atoms with E-state index in [4.69, 9.17) is 18.9 Å². The molecule has 0 aromatic carbocycles. The third-order valence-corrected chi connectivity index (χ3v) is 4.53. The molecule has 1 saturated heterocycles. The van der Waals surface area contributed by atoms with Gasteiger partial charge in [-0.3, -0.25) is 4.79 Å². The first-order chi connectivity index (χ1) is 10.4. The number of hydrogen-bond acceptors (Lipinski definition) is 7. The van der Waals surface area contributed by atoms with Crippen molar-refractivity contribution in [2.24, 2.45) is 17.8 Å². The fourth-order valence-corrected chi connectivity index (χ4v) is 3.61. The summed E-state index contributed by atoms with van der Waals surface area (Å²) in [5, 5.41) is 0. The molecule has 0 amide bonds. The molecule has 6 atom stereocenters. The van der Waals surface area contributed by atoms with E-state index < -0.39 is 24.5 Å². The highest BCUT2D eigenvalue weighted by atomic mass is 16.8. The molecule has 6 unspecified atom stereocenters. The third kappa shape index (κ3) is 2.44. The molecule has 2 aliphatic carbocycles. The first kappa shape index (κ1) is 14.9. The van der Waals surface area contributed by atoms with Gasteiger partial charge >= 0.3 is 18.1 Å². The molecular weight excluding hydrogens is 292 g/mol. The first-order valence-corrected chi connectivity index (χ1v) is 7.31. The van der Waals surface area contributed by atoms with Crippen LogP contribution in [0.2, 0.25) is 0 Å². The number of rotatable bonds is 4. The quantitative estimate of drug-likeness (QED) is 0.337. The topological polar surface area (TPSA) is 88.1 Å². The lowest BCUT2D eigenvalue weighted by Crippen LogP contribution is -2.37. The van der Waals surface area contributed by atoms with E-state index in [1.807, 2.05) is 0 Å². The minimum atomic E-state index is -1.07. The summed E-state index contributed by atoms with van der Waals surface area (Å²) in [4.78, 5) is 34.7. The van der Waals surface area contributed by atoms with Crippen LogP contribution in [0.5, 0.6) is 0 Å². The number of ether oxygens (including phenoxy) is 4. The lowest BCUT2D eigenvalue weighted by molar-refractivity contribution is -0.166. The zero-order chi connectivity index (χ0) is 16.0. The van der Waals surface area contributed by atoms with Crippen LogP contribution in [0.1, 0.15) is 26.7 Å². The minimum absolute atomic E-state index is 0.0404. The highest BCUT2D eigenvalue weighted by Crippen LogP contribution is 2.55. The van der Waals surface area contributed by atoms with Gasteiger partial charge < -0.3 is 18.9 Å². The van der Waals surface area contributed by atoms with E-state index in [0.29, 0.717) is 6.42 Å². The van der Waals surface area contributed by atoms with Gasteiger partial charge in [0.1, 0.15) is 12.2 Å². The average Bonchev–Trinajstić information content (AvgIpc) is 3.03. The average molecular weight is 310 g/mol. The highest BCUT2D eigenvalue weighted by Gasteiger charge is 2.63. The van der Waals surface area contributed by atoms with Crippen molar-refractivity contribution >= 4 is 18.1 Å². The van der Waals surface area contributed by atoms with Crippen LogP contribution < -0.4 is 0 Å². The molecule has 0 spiro atoms. The summed E-state index contributed by atoms with van der Waals surface area (Å²) in [6.45, 7) is 6.34. The lowest BCUT2D eigenvalue weighted by Gasteiger charge is -2.25. The summed E-state index contributed by atoms with van der Waals surface area (Å²) >= 11 is 0. The Morgan fingerprint density at radius 1 is 1.32 bits per heavy atom. The van der Waals surface area contributed by atoms with E-state index in [1.165, 1.54) is 13.8 Å². The number of esters is 2. The summed E-state index contributed by atoms with van der Waals surface area (Å²) < 4.78 is 20.3. The summed E-state index contributed by atoms with van der Waals surface area (Å²) in [7, 11) is 0. The summed E-state index contributed by atoms with van der Waals surface area (Å²) in [5.74, 6) is -0.601. The normalized spacial score (nSPS) is 35.7. The van der Waals surface area contributed by atoms with Crippen LogP contribution in [0.25, 0.3) is 0 Å². The third-order valence-electron chi connectivity index (χ3n) is 4.53. The summed E-state index contributed by atoms with van der Waals surface area (Å²) in [6.07, 6.45) is -1.31. The largest absolute Gasteiger partial charge is 0.511 e. The Hall–Kier alpha value is -2.05. The van der Waals surface area contributed by atoms with Crippen molar-refractivity contribution in [2.45, 2.75) is 45.2 Å². The van der Waals surface area contributed by atoms with Gasteiger partial charge in [-0.2, -0.15) is 0 Å². The number of hydrogen-bond donors (Lipinski definition) is 0. The van der Waals surface area contributed by atoms with Gasteiger partial charge in [0.2, 0.25) is 6.29 Å². The zero-order valence-corrected chi connectivity index (χ0v) is 12.4. The van der Waals surface area contributed by atoms with Crippen molar-refractivity contribution in [3.05, 3.63) is 12.2 Å². The second-order valence-electron chi connectivity index (χ2n) is 6.11. The Balaban J connectivity index is 1.52. The van der Waals surface area contributed by atoms with E-state index in [-0.39, 0.29) is 35.4 Å². The molecule has 7 heteroatoms. The van der Waals surface area contributed by atoms with Crippen LogP contribution >= 0.6 is 0 Å². The molecular formula is C15H18O7. The van der Waals surface area contributed by atoms with Crippen molar-refractivity contribution in [3.8, 4) is 0 Å². The molecule has 3 aliphatic rings.